The highest BCUT2D eigenvalue weighted by Gasteiger charge is 2.33. The van der Waals surface area contributed by atoms with Crippen LogP contribution < -0.4 is 9.54 Å². The van der Waals surface area contributed by atoms with E-state index in [9.17, 15) is 13.2 Å². The maximum atomic E-state index is 13.1. The third-order valence-electron chi connectivity index (χ3n) is 5.84. The number of nitrogens with zero attached hydrogens (tertiary/aromatic N) is 3. The fourth-order valence-electron chi connectivity index (χ4n) is 4.02. The molecule has 33 heavy (non-hydrogen) atoms. The van der Waals surface area contributed by atoms with E-state index in [-0.39, 0.29) is 17.3 Å². The Labute approximate surface area is 202 Å². The van der Waals surface area contributed by atoms with Gasteiger partial charge in [-0.15, -0.1) is 11.8 Å². The number of carbonyl (C=O) groups is 1. The molecule has 1 amide bonds. The lowest BCUT2D eigenvalue weighted by atomic mass is 9.99. The van der Waals surface area contributed by atoms with Crippen molar-refractivity contribution in [1.82, 2.24) is 8.87 Å². The fourth-order valence-corrected chi connectivity index (χ4v) is 7.19. The van der Waals surface area contributed by atoms with E-state index >= 15 is 0 Å². The standard InChI is InChI=1S/C23H27N3O4S3/c1-4-26-20-12-9-18(31-3)14-21(20)32-23(26)24-22(27)16-6-5-13-25(15-16)33(28,29)19-10-7-17(30-2)8-11-19/h7-12,14,16H,4-6,13,15H2,1-3H3. The minimum Gasteiger partial charge on any atom is -0.497 e. The Morgan fingerprint density at radius 2 is 2.00 bits per heavy atom. The number of benzene rings is 2. The summed E-state index contributed by atoms with van der Waals surface area (Å²) in [6.07, 6.45) is 3.29. The molecule has 0 bridgehead atoms. The molecule has 176 valence electrons. The van der Waals surface area contributed by atoms with E-state index in [4.69, 9.17) is 4.74 Å². The lowest BCUT2D eigenvalue weighted by Crippen LogP contribution is -2.42. The zero-order valence-electron chi connectivity index (χ0n) is 18.9. The third kappa shape index (κ3) is 4.89. The largest absolute Gasteiger partial charge is 0.497 e. The summed E-state index contributed by atoms with van der Waals surface area (Å²) in [5.74, 6) is -0.121. The summed E-state index contributed by atoms with van der Waals surface area (Å²) in [6, 6.07) is 12.6. The molecular weight excluding hydrogens is 478 g/mol. The monoisotopic (exact) mass is 505 g/mol. The second-order valence-electron chi connectivity index (χ2n) is 7.79. The van der Waals surface area contributed by atoms with Gasteiger partial charge < -0.3 is 9.30 Å². The maximum absolute atomic E-state index is 13.1. The first kappa shape index (κ1) is 24.0. The summed E-state index contributed by atoms with van der Waals surface area (Å²) in [7, 11) is -2.15. The molecule has 0 N–H and O–H groups in total. The highest BCUT2D eigenvalue weighted by molar-refractivity contribution is 7.98. The molecule has 1 unspecified atom stereocenters. The van der Waals surface area contributed by atoms with Gasteiger partial charge in [0.2, 0.25) is 10.0 Å². The molecular formula is C23H27N3O4S3. The predicted molar refractivity (Wildman–Crippen MR) is 132 cm³/mol. The SMILES string of the molecule is CCn1c(=NC(=O)C2CCCN(S(=O)(=O)c3ccc(OC)cc3)C2)sc2cc(SC)ccc21. The first-order valence-electron chi connectivity index (χ1n) is 10.8. The number of amides is 1. The van der Waals surface area contributed by atoms with E-state index in [1.54, 1.807) is 23.9 Å². The molecule has 1 aliphatic heterocycles. The van der Waals surface area contributed by atoms with Crippen LogP contribution in [0.15, 0.2) is 57.2 Å². The van der Waals surface area contributed by atoms with Gasteiger partial charge in [0.25, 0.3) is 5.91 Å². The van der Waals surface area contributed by atoms with Crippen molar-refractivity contribution < 1.29 is 17.9 Å². The summed E-state index contributed by atoms with van der Waals surface area (Å²) in [5, 5.41) is 0. The van der Waals surface area contributed by atoms with Crippen LogP contribution in [0.2, 0.25) is 0 Å². The number of thioether (sulfide) groups is 1. The minimum atomic E-state index is -3.69. The van der Waals surface area contributed by atoms with Crippen molar-refractivity contribution in [3.63, 3.8) is 0 Å². The summed E-state index contributed by atoms with van der Waals surface area (Å²) in [4.78, 5) is 19.6. The van der Waals surface area contributed by atoms with Gasteiger partial charge in [0, 0.05) is 24.5 Å². The smallest absolute Gasteiger partial charge is 0.252 e. The van der Waals surface area contributed by atoms with Gasteiger partial charge in [-0.2, -0.15) is 9.30 Å². The fraction of sp³-hybridized carbons (Fsp3) is 0.391. The van der Waals surface area contributed by atoms with E-state index in [1.807, 2.05) is 17.7 Å². The second-order valence-corrected chi connectivity index (χ2v) is 11.6. The normalized spacial score (nSPS) is 18.0. The molecule has 0 spiro atoms. The molecule has 1 saturated heterocycles. The number of ether oxygens (including phenoxy) is 1. The van der Waals surface area contributed by atoms with Crippen molar-refractivity contribution in [3.05, 3.63) is 47.3 Å². The number of fused-ring (bicyclic) bond motifs is 1. The predicted octanol–water partition coefficient (Wildman–Crippen LogP) is 3.98. The number of aryl methyl sites for hydroxylation is 1. The number of carbonyl (C=O) groups excluding carboxylic acids is 1. The Hall–Kier alpha value is -2.14. The molecule has 3 aromatic rings. The van der Waals surface area contributed by atoms with Crippen molar-refractivity contribution in [1.29, 1.82) is 0 Å². The number of sulfonamides is 1. The summed E-state index contributed by atoms with van der Waals surface area (Å²) >= 11 is 3.17. The molecule has 1 fully saturated rings. The second kappa shape index (κ2) is 10.0. The number of thiazole rings is 1. The first-order chi connectivity index (χ1) is 15.9. The Balaban J connectivity index is 1.59. The summed E-state index contributed by atoms with van der Waals surface area (Å²) < 4.78 is 35.9. The Bertz CT molecular complexity index is 1330. The first-order valence-corrected chi connectivity index (χ1v) is 14.3. The molecule has 1 atom stereocenters. The summed E-state index contributed by atoms with van der Waals surface area (Å²) in [6.45, 7) is 3.27. The number of hydrogen-bond donors (Lipinski definition) is 0. The van der Waals surface area contributed by atoms with E-state index in [0.29, 0.717) is 36.5 Å². The van der Waals surface area contributed by atoms with Crippen LogP contribution in [0.5, 0.6) is 5.75 Å². The van der Waals surface area contributed by atoms with E-state index in [1.165, 1.54) is 34.9 Å². The number of aromatic nitrogens is 1. The zero-order chi connectivity index (χ0) is 23.6. The van der Waals surface area contributed by atoms with Crippen LogP contribution in [-0.4, -0.2) is 49.7 Å². The average Bonchev–Trinajstić information content (AvgIpc) is 3.19. The number of hydrogen-bond acceptors (Lipinski definition) is 6. The van der Waals surface area contributed by atoms with Gasteiger partial charge in [-0.3, -0.25) is 4.79 Å². The van der Waals surface area contributed by atoms with Gasteiger partial charge >= 0.3 is 0 Å². The van der Waals surface area contributed by atoms with Gasteiger partial charge in [-0.25, -0.2) is 8.42 Å². The average molecular weight is 506 g/mol. The van der Waals surface area contributed by atoms with Crippen LogP contribution in [0.3, 0.4) is 0 Å². The molecule has 2 heterocycles. The lowest BCUT2D eigenvalue weighted by molar-refractivity contribution is -0.122. The molecule has 0 radical (unpaired) electrons. The van der Waals surface area contributed by atoms with Crippen molar-refractivity contribution in [2.75, 3.05) is 26.5 Å². The molecule has 0 saturated carbocycles. The van der Waals surface area contributed by atoms with Gasteiger partial charge in [0.1, 0.15) is 5.75 Å². The molecule has 2 aromatic carbocycles. The van der Waals surface area contributed by atoms with Gasteiger partial charge in [-0.1, -0.05) is 11.3 Å². The lowest BCUT2D eigenvalue weighted by Gasteiger charge is -2.30. The molecule has 1 aromatic heterocycles. The molecule has 10 heteroatoms. The van der Waals surface area contributed by atoms with Crippen molar-refractivity contribution >= 4 is 49.2 Å². The Kier molecular flexibility index (Phi) is 7.28. The molecule has 7 nitrogen and oxygen atoms in total. The van der Waals surface area contributed by atoms with Crippen LogP contribution in [0.4, 0.5) is 0 Å². The zero-order valence-corrected chi connectivity index (χ0v) is 21.3. The van der Waals surface area contributed by atoms with Crippen molar-refractivity contribution in [2.45, 2.75) is 36.1 Å². The topological polar surface area (TPSA) is 81.0 Å². The Morgan fingerprint density at radius 1 is 1.24 bits per heavy atom. The van der Waals surface area contributed by atoms with Crippen LogP contribution >= 0.6 is 23.1 Å². The van der Waals surface area contributed by atoms with E-state index in [0.717, 1.165) is 15.1 Å². The van der Waals surface area contributed by atoms with Crippen LogP contribution in [0.1, 0.15) is 19.8 Å². The van der Waals surface area contributed by atoms with E-state index in [2.05, 4.69) is 23.2 Å². The minimum absolute atomic E-state index is 0.143. The molecule has 4 rings (SSSR count). The maximum Gasteiger partial charge on any atom is 0.252 e. The van der Waals surface area contributed by atoms with Crippen molar-refractivity contribution in [3.8, 4) is 5.75 Å². The van der Waals surface area contributed by atoms with E-state index < -0.39 is 15.9 Å². The van der Waals surface area contributed by atoms with Gasteiger partial charge in [0.15, 0.2) is 4.80 Å². The number of methoxy groups -OCH3 is 1. The molecule has 0 aliphatic carbocycles. The van der Waals surface area contributed by atoms with Crippen LogP contribution in [0.25, 0.3) is 10.2 Å². The molecule has 1 aliphatic rings. The number of rotatable bonds is 6. The van der Waals surface area contributed by atoms with Gasteiger partial charge in [-0.05, 0) is 68.5 Å². The van der Waals surface area contributed by atoms with Crippen LogP contribution in [-0.2, 0) is 21.4 Å². The third-order valence-corrected chi connectivity index (χ3v) is 9.49. The number of piperidine rings is 1. The Morgan fingerprint density at radius 3 is 2.67 bits per heavy atom. The van der Waals surface area contributed by atoms with Crippen LogP contribution in [0, 0.1) is 5.92 Å². The highest BCUT2D eigenvalue weighted by atomic mass is 32.2. The van der Waals surface area contributed by atoms with Crippen molar-refractivity contribution in [2.24, 2.45) is 10.9 Å². The summed E-state index contributed by atoms with van der Waals surface area (Å²) in [5.41, 5.74) is 1.05. The quantitative estimate of drug-likeness (QED) is 0.474. The highest BCUT2D eigenvalue weighted by Crippen LogP contribution is 2.27. The van der Waals surface area contributed by atoms with Gasteiger partial charge in [0.05, 0.1) is 28.1 Å².